The summed E-state index contributed by atoms with van der Waals surface area (Å²) in [4.78, 5) is 49.7. The van der Waals surface area contributed by atoms with Gasteiger partial charge in [-0.05, 0) is 42.0 Å². The number of carboxylic acid groups (broad SMARTS) is 1. The van der Waals surface area contributed by atoms with Gasteiger partial charge in [0.1, 0.15) is 11.8 Å². The minimum atomic E-state index is -1.47. The molecule has 0 fully saturated rings. The van der Waals surface area contributed by atoms with Gasteiger partial charge in [0.15, 0.2) is 0 Å². The number of carbonyl (C=O) groups is 4. The predicted octanol–water partition coefficient (Wildman–Crippen LogP) is 2.53. The third kappa shape index (κ3) is 6.65. The van der Waals surface area contributed by atoms with Crippen LogP contribution in [0.25, 0.3) is 10.9 Å². The van der Waals surface area contributed by atoms with Gasteiger partial charge in [0.05, 0.1) is 27.9 Å². The molecule has 11 nitrogen and oxygen atoms in total. The summed E-state index contributed by atoms with van der Waals surface area (Å²) in [7, 11) is 0. The van der Waals surface area contributed by atoms with E-state index in [4.69, 9.17) is 11.6 Å². The number of phenolic OH excluding ortho intramolecular Hbond substituents is 1. The third-order valence-electron chi connectivity index (χ3n) is 5.70. The number of benzene rings is 3. The maximum Gasteiger partial charge on any atom is 0.328 e. The van der Waals surface area contributed by atoms with Crippen molar-refractivity contribution in [3.8, 4) is 5.75 Å². The maximum absolute atomic E-state index is 12.8. The number of aliphatic carboxylic acids is 1. The number of carbonyl (C=O) groups excluding carboxylic acids is 3. The van der Waals surface area contributed by atoms with Gasteiger partial charge >= 0.3 is 5.97 Å². The highest BCUT2D eigenvalue weighted by molar-refractivity contribution is 6.34. The Labute approximate surface area is 226 Å². The molecule has 5 N–H and O–H groups in total. The zero-order valence-electron chi connectivity index (χ0n) is 20.2. The van der Waals surface area contributed by atoms with E-state index in [0.717, 1.165) is 0 Å². The molecule has 3 amide bonds. The Hall–Kier alpha value is -5.03. The van der Waals surface area contributed by atoms with Crippen molar-refractivity contribution in [1.82, 2.24) is 26.1 Å². The average Bonchev–Trinajstić information content (AvgIpc) is 2.93. The normalized spacial score (nSPS) is 11.4. The maximum atomic E-state index is 12.8. The van der Waals surface area contributed by atoms with Crippen LogP contribution in [0.15, 0.2) is 72.9 Å². The number of nitrogens with one attached hydrogen (secondary N) is 3. The van der Waals surface area contributed by atoms with E-state index in [-0.39, 0.29) is 34.0 Å². The van der Waals surface area contributed by atoms with E-state index in [1.807, 2.05) is 0 Å². The second-order valence-electron chi connectivity index (χ2n) is 8.40. The van der Waals surface area contributed by atoms with Gasteiger partial charge < -0.3 is 26.2 Å². The summed E-state index contributed by atoms with van der Waals surface area (Å²) in [5, 5.41) is 34.8. The van der Waals surface area contributed by atoms with Crippen molar-refractivity contribution < 1.29 is 29.4 Å². The van der Waals surface area contributed by atoms with Crippen molar-refractivity contribution in [1.29, 1.82) is 0 Å². The Morgan fingerprint density at radius 3 is 2.41 bits per heavy atom. The molecular formula is C27H22ClN5O6. The molecule has 0 aliphatic carbocycles. The Morgan fingerprint density at radius 2 is 1.67 bits per heavy atom. The highest BCUT2D eigenvalue weighted by Gasteiger charge is 2.24. The van der Waals surface area contributed by atoms with Crippen LogP contribution in [0.1, 0.15) is 36.6 Å². The van der Waals surface area contributed by atoms with Crippen molar-refractivity contribution in [3.63, 3.8) is 0 Å². The Morgan fingerprint density at radius 1 is 0.872 bits per heavy atom. The van der Waals surface area contributed by atoms with Crippen molar-refractivity contribution in [2.45, 2.75) is 12.6 Å². The molecule has 0 unspecified atom stereocenters. The number of rotatable bonds is 9. The summed E-state index contributed by atoms with van der Waals surface area (Å²) >= 11 is 6.23. The fourth-order valence-corrected chi connectivity index (χ4v) is 3.97. The number of hydrogen-bond acceptors (Lipinski definition) is 7. The number of aromatic hydroxyl groups is 1. The van der Waals surface area contributed by atoms with E-state index >= 15 is 0 Å². The van der Waals surface area contributed by atoms with E-state index < -0.39 is 36.3 Å². The summed E-state index contributed by atoms with van der Waals surface area (Å²) in [5.74, 6) is -3.15. The van der Waals surface area contributed by atoms with Gasteiger partial charge in [-0.2, -0.15) is 10.2 Å². The van der Waals surface area contributed by atoms with E-state index in [1.54, 1.807) is 36.4 Å². The molecule has 4 rings (SSSR count). The van der Waals surface area contributed by atoms with Gasteiger partial charge in [-0.25, -0.2) is 4.79 Å². The van der Waals surface area contributed by atoms with E-state index in [2.05, 4.69) is 26.1 Å². The minimum absolute atomic E-state index is 0.0527. The van der Waals surface area contributed by atoms with Crippen LogP contribution < -0.4 is 16.0 Å². The van der Waals surface area contributed by atoms with Crippen LogP contribution in [0.5, 0.6) is 5.75 Å². The molecule has 1 aromatic heterocycles. The smallest absolute Gasteiger partial charge is 0.328 e. The first-order chi connectivity index (χ1) is 18.7. The van der Waals surface area contributed by atoms with Crippen LogP contribution in [0.3, 0.4) is 0 Å². The molecule has 4 aromatic rings. The van der Waals surface area contributed by atoms with Gasteiger partial charge in [-0.3, -0.25) is 14.4 Å². The molecular weight excluding hydrogens is 526 g/mol. The first-order valence-electron chi connectivity index (χ1n) is 11.6. The number of amides is 3. The molecule has 0 saturated heterocycles. The molecule has 0 spiro atoms. The fraction of sp³-hybridized carbons (Fsp3) is 0.111. The predicted molar refractivity (Wildman–Crippen MR) is 141 cm³/mol. The van der Waals surface area contributed by atoms with Gasteiger partial charge in [0.2, 0.25) is 0 Å². The largest absolute Gasteiger partial charge is 0.508 e. The molecule has 0 aliphatic rings. The molecule has 0 saturated carbocycles. The Kier molecular flexibility index (Phi) is 8.32. The zero-order valence-corrected chi connectivity index (χ0v) is 21.0. The van der Waals surface area contributed by atoms with Crippen LogP contribution in [-0.4, -0.2) is 56.7 Å². The standard InChI is InChI=1S/C27H22ClN5O6/c28-21-11-16(24(35)29-12-15-4-3-5-17(34)10-15)8-9-19(21)26(37)32-23(27(38)39)14-30-25(36)20-13-31-33-22-7-2-1-6-18(20)22/h1-11,13,23,34H,12,14H2,(H,29,35)(H,30,36)(H,32,37)(H,38,39)/t23-/m0/s1. The zero-order chi connectivity index (χ0) is 27.9. The number of fused-ring (bicyclic) bond motifs is 1. The lowest BCUT2D eigenvalue weighted by molar-refractivity contribution is -0.139. The summed E-state index contributed by atoms with van der Waals surface area (Å²) in [6.45, 7) is -0.256. The second-order valence-corrected chi connectivity index (χ2v) is 8.80. The number of hydrogen-bond donors (Lipinski definition) is 5. The van der Waals surface area contributed by atoms with E-state index in [9.17, 15) is 29.4 Å². The molecule has 3 aromatic carbocycles. The van der Waals surface area contributed by atoms with Crippen LogP contribution >= 0.6 is 11.6 Å². The lowest BCUT2D eigenvalue weighted by atomic mass is 10.1. The highest BCUT2D eigenvalue weighted by Crippen LogP contribution is 2.19. The van der Waals surface area contributed by atoms with E-state index in [0.29, 0.717) is 16.5 Å². The summed E-state index contributed by atoms with van der Waals surface area (Å²) < 4.78 is 0. The summed E-state index contributed by atoms with van der Waals surface area (Å²) in [5.41, 5.74) is 1.52. The van der Waals surface area contributed by atoms with Crippen LogP contribution in [0.2, 0.25) is 5.02 Å². The molecule has 0 aliphatic heterocycles. The first-order valence-corrected chi connectivity index (χ1v) is 12.0. The van der Waals surface area contributed by atoms with Crippen molar-refractivity contribution in [3.05, 3.63) is 100 Å². The van der Waals surface area contributed by atoms with Crippen LogP contribution in [0.4, 0.5) is 0 Å². The molecule has 0 radical (unpaired) electrons. The lowest BCUT2D eigenvalue weighted by Crippen LogP contribution is -2.48. The molecule has 12 heteroatoms. The average molecular weight is 548 g/mol. The van der Waals surface area contributed by atoms with Crippen LogP contribution in [-0.2, 0) is 11.3 Å². The number of nitrogens with zero attached hydrogens (tertiary/aromatic N) is 2. The van der Waals surface area contributed by atoms with Gasteiger partial charge in [-0.1, -0.05) is 41.9 Å². The number of carboxylic acids is 1. The fourth-order valence-electron chi connectivity index (χ4n) is 3.71. The SMILES string of the molecule is O=C(NCc1cccc(O)c1)c1ccc(C(=O)N[C@@H](CNC(=O)c2cnnc3ccccc23)C(=O)O)c(Cl)c1. The number of phenols is 1. The lowest BCUT2D eigenvalue weighted by Gasteiger charge is -2.16. The van der Waals surface area contributed by atoms with Crippen molar-refractivity contribution >= 4 is 46.2 Å². The minimum Gasteiger partial charge on any atom is -0.508 e. The first kappa shape index (κ1) is 27.0. The summed E-state index contributed by atoms with van der Waals surface area (Å²) in [6.07, 6.45) is 1.27. The van der Waals surface area contributed by atoms with Gasteiger partial charge in [0, 0.05) is 24.0 Å². The molecule has 0 bridgehead atoms. The third-order valence-corrected chi connectivity index (χ3v) is 6.01. The number of aromatic nitrogens is 2. The monoisotopic (exact) mass is 547 g/mol. The van der Waals surface area contributed by atoms with Crippen LogP contribution in [0, 0.1) is 0 Å². The highest BCUT2D eigenvalue weighted by atomic mass is 35.5. The Balaban J connectivity index is 1.38. The number of halogens is 1. The summed E-state index contributed by atoms with van der Waals surface area (Å²) in [6, 6.07) is 15.7. The molecule has 39 heavy (non-hydrogen) atoms. The molecule has 1 heterocycles. The molecule has 1 atom stereocenters. The van der Waals surface area contributed by atoms with Gasteiger partial charge in [0.25, 0.3) is 17.7 Å². The van der Waals surface area contributed by atoms with Crippen molar-refractivity contribution in [2.75, 3.05) is 6.54 Å². The van der Waals surface area contributed by atoms with E-state index in [1.165, 1.54) is 36.5 Å². The van der Waals surface area contributed by atoms with Crippen molar-refractivity contribution in [2.24, 2.45) is 0 Å². The molecule has 198 valence electrons. The quantitative estimate of drug-likeness (QED) is 0.213. The Bertz CT molecular complexity index is 1570. The topological polar surface area (TPSA) is 171 Å². The van der Waals surface area contributed by atoms with Gasteiger partial charge in [-0.15, -0.1) is 0 Å². The second kappa shape index (κ2) is 12.0.